The van der Waals surface area contributed by atoms with Crippen molar-refractivity contribution in [1.29, 1.82) is 0 Å². The van der Waals surface area contributed by atoms with Gasteiger partial charge in [-0.2, -0.15) is 0 Å². The van der Waals surface area contributed by atoms with Crippen molar-refractivity contribution in [3.8, 4) is 0 Å². The van der Waals surface area contributed by atoms with Crippen LogP contribution in [0.2, 0.25) is 0 Å². The molecule has 15 heavy (non-hydrogen) atoms. The fraction of sp³-hybridized carbons (Fsp3) is 1.00. The van der Waals surface area contributed by atoms with E-state index in [1.54, 1.807) is 0 Å². The monoisotopic (exact) mass is 221 g/mol. The summed E-state index contributed by atoms with van der Waals surface area (Å²) in [5, 5.41) is 0. The van der Waals surface area contributed by atoms with Gasteiger partial charge in [0.25, 0.3) is 6.43 Å². The molecule has 1 saturated heterocycles. The van der Waals surface area contributed by atoms with Gasteiger partial charge in [-0.15, -0.1) is 0 Å². The number of ether oxygens (including phenoxy) is 1. The molecule has 1 aliphatic rings. The Kier molecular flexibility index (Phi) is 4.06. The van der Waals surface area contributed by atoms with Gasteiger partial charge in [0.05, 0.1) is 5.60 Å². The van der Waals surface area contributed by atoms with E-state index in [0.717, 1.165) is 19.4 Å². The molecule has 1 rings (SSSR count). The van der Waals surface area contributed by atoms with Gasteiger partial charge < -0.3 is 9.64 Å². The van der Waals surface area contributed by atoms with E-state index >= 15 is 0 Å². The molecule has 0 saturated carbocycles. The zero-order valence-corrected chi connectivity index (χ0v) is 9.96. The third-order valence-corrected chi connectivity index (χ3v) is 2.69. The average molecular weight is 221 g/mol. The first kappa shape index (κ1) is 12.8. The van der Waals surface area contributed by atoms with Gasteiger partial charge in [-0.05, 0) is 47.2 Å². The van der Waals surface area contributed by atoms with Crippen molar-refractivity contribution in [2.75, 3.05) is 13.6 Å². The van der Waals surface area contributed by atoms with Gasteiger partial charge in [-0.1, -0.05) is 0 Å². The van der Waals surface area contributed by atoms with E-state index in [1.807, 2.05) is 32.7 Å². The Morgan fingerprint density at radius 3 is 2.27 bits per heavy atom. The molecule has 0 bridgehead atoms. The Bertz CT molecular complexity index is 203. The number of hydrogen-bond acceptors (Lipinski definition) is 2. The minimum absolute atomic E-state index is 0.135. The van der Waals surface area contributed by atoms with Crippen LogP contribution in [0.25, 0.3) is 0 Å². The SMILES string of the molecule is CN1CCC[C@H]1[C@@H](OC(C)(C)C)C(F)F. The predicted octanol–water partition coefficient (Wildman–Crippen LogP) is 2.53. The largest absolute Gasteiger partial charge is 0.365 e. The summed E-state index contributed by atoms with van der Waals surface area (Å²) in [5.41, 5.74) is -0.509. The van der Waals surface area contributed by atoms with Gasteiger partial charge in [0.2, 0.25) is 0 Å². The summed E-state index contributed by atoms with van der Waals surface area (Å²) in [6.45, 7) is 6.34. The lowest BCUT2D eigenvalue weighted by atomic mass is 10.1. The number of nitrogens with zero attached hydrogens (tertiary/aromatic N) is 1. The van der Waals surface area contributed by atoms with E-state index in [9.17, 15) is 8.78 Å². The summed E-state index contributed by atoms with van der Waals surface area (Å²) < 4.78 is 31.3. The van der Waals surface area contributed by atoms with Gasteiger partial charge in [0, 0.05) is 6.04 Å². The van der Waals surface area contributed by atoms with Crippen molar-refractivity contribution in [1.82, 2.24) is 4.90 Å². The summed E-state index contributed by atoms with van der Waals surface area (Å²) in [6.07, 6.45) is -1.58. The number of rotatable bonds is 3. The number of likely N-dealkylation sites (tertiary alicyclic amines) is 1. The minimum Gasteiger partial charge on any atom is -0.365 e. The van der Waals surface area contributed by atoms with Crippen LogP contribution in [0.4, 0.5) is 8.78 Å². The van der Waals surface area contributed by atoms with Crippen molar-refractivity contribution in [3.05, 3.63) is 0 Å². The second kappa shape index (κ2) is 4.74. The summed E-state index contributed by atoms with van der Waals surface area (Å²) in [4.78, 5) is 1.97. The molecule has 2 nitrogen and oxygen atoms in total. The third kappa shape index (κ3) is 3.68. The van der Waals surface area contributed by atoms with Gasteiger partial charge in [0.1, 0.15) is 6.10 Å². The Morgan fingerprint density at radius 2 is 1.93 bits per heavy atom. The highest BCUT2D eigenvalue weighted by Gasteiger charge is 2.38. The predicted molar refractivity (Wildman–Crippen MR) is 56.3 cm³/mol. The van der Waals surface area contributed by atoms with Crippen LogP contribution in [0, 0.1) is 0 Å². The summed E-state index contributed by atoms with van der Waals surface area (Å²) in [7, 11) is 1.89. The van der Waals surface area contributed by atoms with Crippen molar-refractivity contribution in [3.63, 3.8) is 0 Å². The maximum absolute atomic E-state index is 12.9. The first-order valence-corrected chi connectivity index (χ1v) is 5.47. The molecule has 1 aliphatic heterocycles. The first-order chi connectivity index (χ1) is 6.81. The average Bonchev–Trinajstić information content (AvgIpc) is 2.45. The van der Waals surface area contributed by atoms with Gasteiger partial charge >= 0.3 is 0 Å². The van der Waals surface area contributed by atoms with E-state index in [4.69, 9.17) is 4.74 Å². The highest BCUT2D eigenvalue weighted by molar-refractivity contribution is 4.86. The quantitative estimate of drug-likeness (QED) is 0.726. The number of hydrogen-bond donors (Lipinski definition) is 0. The van der Waals surface area contributed by atoms with Crippen LogP contribution in [-0.4, -0.2) is 42.7 Å². The minimum atomic E-state index is -2.41. The zero-order valence-electron chi connectivity index (χ0n) is 9.96. The molecule has 1 heterocycles. The molecule has 0 amide bonds. The second-order valence-electron chi connectivity index (χ2n) is 5.22. The van der Waals surface area contributed by atoms with Crippen molar-refractivity contribution in [2.24, 2.45) is 0 Å². The first-order valence-electron chi connectivity index (χ1n) is 5.47. The fourth-order valence-electron chi connectivity index (χ4n) is 2.06. The van der Waals surface area contributed by atoms with Crippen LogP contribution >= 0.6 is 0 Å². The zero-order chi connectivity index (χ0) is 11.6. The molecule has 0 aliphatic carbocycles. The molecule has 0 radical (unpaired) electrons. The maximum Gasteiger partial charge on any atom is 0.265 e. The van der Waals surface area contributed by atoms with Crippen molar-refractivity contribution >= 4 is 0 Å². The molecule has 90 valence electrons. The van der Waals surface area contributed by atoms with Crippen LogP contribution in [-0.2, 0) is 4.74 Å². The highest BCUT2D eigenvalue weighted by atomic mass is 19.3. The van der Waals surface area contributed by atoms with Crippen molar-refractivity contribution in [2.45, 2.75) is 57.8 Å². The van der Waals surface area contributed by atoms with Gasteiger partial charge in [-0.3, -0.25) is 0 Å². The lowest BCUT2D eigenvalue weighted by molar-refractivity contribution is -0.146. The van der Waals surface area contributed by atoms with Crippen LogP contribution in [0.15, 0.2) is 0 Å². The van der Waals surface area contributed by atoms with Crippen molar-refractivity contribution < 1.29 is 13.5 Å². The lowest BCUT2D eigenvalue weighted by Gasteiger charge is -2.33. The van der Waals surface area contributed by atoms with E-state index in [1.165, 1.54) is 0 Å². The highest BCUT2D eigenvalue weighted by Crippen LogP contribution is 2.27. The maximum atomic E-state index is 12.9. The Morgan fingerprint density at radius 1 is 1.33 bits per heavy atom. The lowest BCUT2D eigenvalue weighted by Crippen LogP contribution is -2.46. The fourth-order valence-corrected chi connectivity index (χ4v) is 2.06. The molecule has 0 spiro atoms. The molecule has 0 unspecified atom stereocenters. The Labute approximate surface area is 90.6 Å². The molecule has 0 aromatic rings. The normalized spacial score (nSPS) is 26.2. The van der Waals surface area contributed by atoms with E-state index in [2.05, 4.69) is 0 Å². The number of halogens is 2. The van der Waals surface area contributed by atoms with Gasteiger partial charge in [0.15, 0.2) is 0 Å². The second-order valence-corrected chi connectivity index (χ2v) is 5.22. The summed E-state index contributed by atoms with van der Waals surface area (Å²) in [5.74, 6) is 0. The van der Waals surface area contributed by atoms with Crippen LogP contribution in [0.5, 0.6) is 0 Å². The molecular formula is C11H21F2NO. The molecule has 1 fully saturated rings. The molecular weight excluding hydrogens is 200 g/mol. The number of likely N-dealkylation sites (N-methyl/N-ethyl adjacent to an activating group) is 1. The Balaban J connectivity index is 2.65. The van der Waals surface area contributed by atoms with Gasteiger partial charge in [-0.25, -0.2) is 8.78 Å². The number of alkyl halides is 2. The Hall–Kier alpha value is -0.220. The summed E-state index contributed by atoms with van der Waals surface area (Å²) in [6, 6.07) is -0.135. The van der Waals surface area contributed by atoms with E-state index < -0.39 is 18.1 Å². The van der Waals surface area contributed by atoms with Crippen LogP contribution in [0.1, 0.15) is 33.6 Å². The standard InChI is InChI=1S/C11H21F2NO/c1-11(2,3)15-9(10(12)13)8-6-5-7-14(8)4/h8-10H,5-7H2,1-4H3/t8-,9+/m0/s1. The third-order valence-electron chi connectivity index (χ3n) is 2.69. The summed E-state index contributed by atoms with van der Waals surface area (Å²) >= 11 is 0. The molecule has 0 aromatic heterocycles. The van der Waals surface area contributed by atoms with E-state index in [-0.39, 0.29) is 6.04 Å². The molecule has 4 heteroatoms. The molecule has 0 N–H and O–H groups in total. The topological polar surface area (TPSA) is 12.5 Å². The van der Waals surface area contributed by atoms with Crippen LogP contribution < -0.4 is 0 Å². The van der Waals surface area contributed by atoms with E-state index in [0.29, 0.717) is 0 Å². The van der Waals surface area contributed by atoms with Crippen LogP contribution in [0.3, 0.4) is 0 Å². The smallest absolute Gasteiger partial charge is 0.265 e. The molecule has 2 atom stereocenters. The molecule has 0 aromatic carbocycles.